The summed E-state index contributed by atoms with van der Waals surface area (Å²) >= 11 is 0. The fourth-order valence-corrected chi connectivity index (χ4v) is 2.39. The lowest BCUT2D eigenvalue weighted by molar-refractivity contribution is -0.138. The molecular formula is C17H25NO3. The molecule has 0 fully saturated rings. The molecule has 0 spiro atoms. The fourth-order valence-electron chi connectivity index (χ4n) is 2.39. The number of hydrogen-bond donors (Lipinski definition) is 2. The molecule has 0 heterocycles. The van der Waals surface area contributed by atoms with E-state index < -0.39 is 5.97 Å². The number of carbonyl (C=O) groups is 2. The Kier molecular flexibility index (Phi) is 6.92. The number of nitrogens with one attached hydrogen (secondary N) is 1. The van der Waals surface area contributed by atoms with Crippen molar-refractivity contribution in [2.75, 3.05) is 6.54 Å². The second-order valence-corrected chi connectivity index (χ2v) is 5.72. The summed E-state index contributed by atoms with van der Waals surface area (Å²) < 4.78 is 0. The lowest BCUT2D eigenvalue weighted by Gasteiger charge is -2.23. The molecule has 1 aromatic carbocycles. The van der Waals surface area contributed by atoms with Crippen LogP contribution in [0.3, 0.4) is 0 Å². The second-order valence-electron chi connectivity index (χ2n) is 5.72. The molecule has 21 heavy (non-hydrogen) atoms. The van der Waals surface area contributed by atoms with Crippen molar-refractivity contribution in [1.29, 1.82) is 0 Å². The topological polar surface area (TPSA) is 66.4 Å². The van der Waals surface area contributed by atoms with Crippen LogP contribution in [0.5, 0.6) is 0 Å². The Hall–Kier alpha value is -1.84. The average Bonchev–Trinajstić information content (AvgIpc) is 2.45. The van der Waals surface area contributed by atoms with E-state index >= 15 is 0 Å². The van der Waals surface area contributed by atoms with Gasteiger partial charge in [-0.1, -0.05) is 57.5 Å². The van der Waals surface area contributed by atoms with Crippen LogP contribution < -0.4 is 5.32 Å². The maximum absolute atomic E-state index is 12.5. The van der Waals surface area contributed by atoms with E-state index in [4.69, 9.17) is 5.11 Å². The van der Waals surface area contributed by atoms with E-state index in [1.807, 2.05) is 37.3 Å². The molecule has 0 aliphatic rings. The van der Waals surface area contributed by atoms with Gasteiger partial charge in [-0.3, -0.25) is 9.59 Å². The van der Waals surface area contributed by atoms with E-state index in [2.05, 4.69) is 19.2 Å². The third-order valence-electron chi connectivity index (χ3n) is 3.80. The quantitative estimate of drug-likeness (QED) is 0.773. The highest BCUT2D eigenvalue weighted by atomic mass is 16.4. The van der Waals surface area contributed by atoms with E-state index in [0.29, 0.717) is 6.54 Å². The first-order chi connectivity index (χ1) is 9.95. The first kappa shape index (κ1) is 17.2. The molecule has 0 saturated carbocycles. The van der Waals surface area contributed by atoms with Gasteiger partial charge >= 0.3 is 5.97 Å². The summed E-state index contributed by atoms with van der Waals surface area (Å²) in [5.41, 5.74) is 1.01. The van der Waals surface area contributed by atoms with Crippen LogP contribution >= 0.6 is 0 Å². The number of amides is 1. The zero-order valence-corrected chi connectivity index (χ0v) is 13.0. The standard InChI is InChI=1S/C17H25NO3/c1-4-13(3)16(14-8-6-5-7-9-14)17(21)18-11-12(2)10-15(19)20/h5-9,12-13,16H,4,10-11H2,1-3H3,(H,18,21)(H,19,20). The largest absolute Gasteiger partial charge is 0.481 e. The normalized spacial score (nSPS) is 15.0. The Morgan fingerprint density at radius 2 is 1.81 bits per heavy atom. The Morgan fingerprint density at radius 1 is 1.19 bits per heavy atom. The number of carbonyl (C=O) groups excluding carboxylic acids is 1. The van der Waals surface area contributed by atoms with Crippen molar-refractivity contribution in [2.24, 2.45) is 11.8 Å². The second kappa shape index (κ2) is 8.45. The molecule has 1 rings (SSSR count). The third kappa shape index (κ3) is 5.58. The number of benzene rings is 1. The van der Waals surface area contributed by atoms with Crippen LogP contribution in [-0.4, -0.2) is 23.5 Å². The molecule has 0 bridgehead atoms. The van der Waals surface area contributed by atoms with Crippen molar-refractivity contribution in [3.8, 4) is 0 Å². The molecule has 3 unspecified atom stereocenters. The highest BCUT2D eigenvalue weighted by molar-refractivity contribution is 5.84. The van der Waals surface area contributed by atoms with Gasteiger partial charge in [-0.05, 0) is 17.4 Å². The molecule has 1 aromatic rings. The number of aliphatic carboxylic acids is 1. The van der Waals surface area contributed by atoms with Crippen molar-refractivity contribution >= 4 is 11.9 Å². The van der Waals surface area contributed by atoms with Crippen LogP contribution in [0.15, 0.2) is 30.3 Å². The summed E-state index contributed by atoms with van der Waals surface area (Å²) in [6.45, 7) is 6.36. The van der Waals surface area contributed by atoms with E-state index in [1.165, 1.54) is 0 Å². The van der Waals surface area contributed by atoms with Crippen LogP contribution in [0.25, 0.3) is 0 Å². The highest BCUT2D eigenvalue weighted by Crippen LogP contribution is 2.27. The van der Waals surface area contributed by atoms with Crippen molar-refractivity contribution in [1.82, 2.24) is 5.32 Å². The van der Waals surface area contributed by atoms with Gasteiger partial charge in [-0.25, -0.2) is 0 Å². The van der Waals surface area contributed by atoms with Gasteiger partial charge in [0.2, 0.25) is 5.91 Å². The Labute approximate surface area is 126 Å². The zero-order chi connectivity index (χ0) is 15.8. The van der Waals surface area contributed by atoms with Gasteiger partial charge in [-0.15, -0.1) is 0 Å². The minimum absolute atomic E-state index is 0.0206. The molecule has 1 amide bonds. The van der Waals surface area contributed by atoms with Gasteiger partial charge in [0, 0.05) is 13.0 Å². The Balaban J connectivity index is 2.71. The minimum Gasteiger partial charge on any atom is -0.481 e. The Morgan fingerprint density at radius 3 is 2.33 bits per heavy atom. The Bertz CT molecular complexity index is 458. The van der Waals surface area contributed by atoms with Gasteiger partial charge < -0.3 is 10.4 Å². The summed E-state index contributed by atoms with van der Waals surface area (Å²) in [5.74, 6) is -0.874. The lowest BCUT2D eigenvalue weighted by Crippen LogP contribution is -2.35. The lowest BCUT2D eigenvalue weighted by atomic mass is 9.85. The summed E-state index contributed by atoms with van der Waals surface area (Å²) in [7, 11) is 0. The minimum atomic E-state index is -0.835. The molecule has 2 N–H and O–H groups in total. The molecule has 0 aromatic heterocycles. The van der Waals surface area contributed by atoms with Gasteiger partial charge in [0.25, 0.3) is 0 Å². The van der Waals surface area contributed by atoms with Crippen LogP contribution in [0, 0.1) is 11.8 Å². The first-order valence-electron chi connectivity index (χ1n) is 7.50. The highest BCUT2D eigenvalue weighted by Gasteiger charge is 2.25. The maximum atomic E-state index is 12.5. The van der Waals surface area contributed by atoms with Crippen molar-refractivity contribution in [3.05, 3.63) is 35.9 Å². The third-order valence-corrected chi connectivity index (χ3v) is 3.80. The summed E-state index contributed by atoms with van der Waals surface area (Å²) in [5, 5.41) is 11.6. The predicted molar refractivity (Wildman–Crippen MR) is 83.1 cm³/mol. The smallest absolute Gasteiger partial charge is 0.303 e. The van der Waals surface area contributed by atoms with Crippen molar-refractivity contribution in [3.63, 3.8) is 0 Å². The molecule has 3 atom stereocenters. The number of rotatable bonds is 8. The van der Waals surface area contributed by atoms with Crippen molar-refractivity contribution < 1.29 is 14.7 Å². The fraction of sp³-hybridized carbons (Fsp3) is 0.529. The van der Waals surface area contributed by atoms with E-state index in [-0.39, 0.29) is 30.1 Å². The molecule has 0 saturated heterocycles. The van der Waals surface area contributed by atoms with Gasteiger partial charge in [0.05, 0.1) is 5.92 Å². The van der Waals surface area contributed by atoms with Crippen LogP contribution in [-0.2, 0) is 9.59 Å². The van der Waals surface area contributed by atoms with Crippen LogP contribution in [0.1, 0.15) is 45.1 Å². The summed E-state index contributed by atoms with van der Waals surface area (Å²) in [6.07, 6.45) is 0.983. The molecule has 0 aliphatic heterocycles. The summed E-state index contributed by atoms with van der Waals surface area (Å²) in [6, 6.07) is 9.74. The first-order valence-corrected chi connectivity index (χ1v) is 7.50. The van der Waals surface area contributed by atoms with Crippen LogP contribution in [0.4, 0.5) is 0 Å². The van der Waals surface area contributed by atoms with Gasteiger partial charge in [-0.2, -0.15) is 0 Å². The SMILES string of the molecule is CCC(C)C(C(=O)NCC(C)CC(=O)O)c1ccccc1. The molecule has 4 nitrogen and oxygen atoms in total. The monoisotopic (exact) mass is 291 g/mol. The summed E-state index contributed by atoms with van der Waals surface area (Å²) in [4.78, 5) is 23.1. The molecule has 0 radical (unpaired) electrons. The maximum Gasteiger partial charge on any atom is 0.303 e. The number of hydrogen-bond acceptors (Lipinski definition) is 2. The van der Waals surface area contributed by atoms with E-state index in [9.17, 15) is 9.59 Å². The molecule has 116 valence electrons. The molecule has 4 heteroatoms. The molecule has 0 aliphatic carbocycles. The van der Waals surface area contributed by atoms with E-state index in [1.54, 1.807) is 0 Å². The van der Waals surface area contributed by atoms with Crippen molar-refractivity contribution in [2.45, 2.75) is 39.5 Å². The van der Waals surface area contributed by atoms with Gasteiger partial charge in [0.1, 0.15) is 0 Å². The van der Waals surface area contributed by atoms with E-state index in [0.717, 1.165) is 12.0 Å². The molecular weight excluding hydrogens is 266 g/mol. The predicted octanol–water partition coefficient (Wildman–Crippen LogP) is 3.04. The van der Waals surface area contributed by atoms with Crippen LogP contribution in [0.2, 0.25) is 0 Å². The number of carboxylic acid groups (broad SMARTS) is 1. The average molecular weight is 291 g/mol. The number of carboxylic acids is 1. The zero-order valence-electron chi connectivity index (χ0n) is 13.0. The van der Waals surface area contributed by atoms with Gasteiger partial charge in [0.15, 0.2) is 0 Å².